The number of rotatable bonds is 23. The van der Waals surface area contributed by atoms with Crippen LogP contribution >= 0.6 is 0 Å². The fourth-order valence-corrected chi connectivity index (χ4v) is 10.3. The molecule has 0 spiro atoms. The number of benzene rings is 1. The Labute approximate surface area is 397 Å². The summed E-state index contributed by atoms with van der Waals surface area (Å²) in [5.74, 6) is -1.80. The minimum absolute atomic E-state index is 0.0625. The van der Waals surface area contributed by atoms with Crippen molar-refractivity contribution in [2.24, 2.45) is 28.7 Å². The molecule has 0 bridgehead atoms. The van der Waals surface area contributed by atoms with Gasteiger partial charge in [-0.2, -0.15) is 0 Å². The Hall–Kier alpha value is -2.97. The van der Waals surface area contributed by atoms with Crippen LogP contribution < -0.4 is 39.0 Å². The molecule has 2 aromatic rings. The number of carbonyl (C=O) groups is 1. The van der Waals surface area contributed by atoms with E-state index in [1.165, 1.54) is 25.1 Å². The predicted molar refractivity (Wildman–Crippen MR) is 250 cm³/mol. The minimum atomic E-state index is -1.43. The van der Waals surface area contributed by atoms with Crippen LogP contribution in [0.25, 0.3) is 10.9 Å². The molecule has 3 saturated heterocycles. The van der Waals surface area contributed by atoms with Gasteiger partial charge in [-0.05, 0) is 57.2 Å². The Morgan fingerprint density at radius 1 is 0.765 bits per heavy atom. The zero-order chi connectivity index (χ0) is 48.6. The zero-order valence-corrected chi connectivity index (χ0v) is 39.1. The predicted octanol–water partition coefficient (Wildman–Crippen LogP) is -0.0612. The second-order valence-electron chi connectivity index (χ2n) is 19.6. The van der Waals surface area contributed by atoms with Crippen molar-refractivity contribution in [2.45, 2.75) is 182 Å². The highest BCUT2D eigenvalue weighted by molar-refractivity contribution is 5.93. The smallest absolute Gasteiger partial charge is 0.341 e. The number of aliphatic hydroxyl groups is 4. The van der Waals surface area contributed by atoms with Crippen LogP contribution in [0.4, 0.5) is 10.1 Å². The highest BCUT2D eigenvalue weighted by Gasteiger charge is 2.51. The first-order valence-electron chi connectivity index (χ1n) is 24.9. The number of aromatic nitrogens is 1. The molecule has 1 aromatic carbocycles. The maximum atomic E-state index is 15.4. The summed E-state index contributed by atoms with van der Waals surface area (Å²) >= 11 is 0. The number of pyridine rings is 1. The third-order valence-corrected chi connectivity index (χ3v) is 14.6. The standard InChI is InChI=1S/C47H77FN8O12/c48-29-19-27-33(56(26-11-12-26)24-28(39(27)59)45(62)63)22-34(29)55-16-14-54(15-17-55)13-9-7-5-3-1-2-4-6-8-10-18-64-44-42(67-46-32(52)21-35(58)36(23-49)65-46)30(50)20-31(51)43(44)68-47-41(61)38(53)40(60)37(25-57)66-47/h19,22,24,26,30-32,35-38,40-44,46-47,57-58,60-61H,1-18,20-21,23,25,49-53H2,(H,62,63)/t30-,31+,32+,35-,36+,37+,38-,40+,41+,42+,43-,44-,46+,47+/m0/s1. The van der Waals surface area contributed by atoms with Gasteiger partial charge in [-0.1, -0.05) is 51.4 Å². The lowest BCUT2D eigenvalue weighted by atomic mass is 9.84. The van der Waals surface area contributed by atoms with Gasteiger partial charge in [0, 0.05) is 69.0 Å². The lowest BCUT2D eigenvalue weighted by molar-refractivity contribution is -0.318. The largest absolute Gasteiger partial charge is 0.477 e. The van der Waals surface area contributed by atoms with Crippen molar-refractivity contribution >= 4 is 22.6 Å². The van der Waals surface area contributed by atoms with Gasteiger partial charge in [-0.25, -0.2) is 9.18 Å². The fraction of sp³-hybridized carbons (Fsp3) is 0.787. The molecular weight excluding hydrogens is 888 g/mol. The van der Waals surface area contributed by atoms with Crippen molar-refractivity contribution in [1.82, 2.24) is 9.47 Å². The van der Waals surface area contributed by atoms with Crippen molar-refractivity contribution in [3.63, 3.8) is 0 Å². The molecule has 14 atom stereocenters. The summed E-state index contributed by atoms with van der Waals surface area (Å²) in [7, 11) is 0. The Bertz CT molecular complexity index is 1990. The first kappa shape index (κ1) is 52.8. The average Bonchev–Trinajstić information content (AvgIpc) is 4.17. The monoisotopic (exact) mass is 965 g/mol. The molecule has 0 radical (unpaired) electrons. The fourth-order valence-electron chi connectivity index (χ4n) is 10.3. The summed E-state index contributed by atoms with van der Waals surface area (Å²) < 4.78 is 48.2. The second kappa shape index (κ2) is 24.4. The Balaban J connectivity index is 0.803. The molecule has 2 aliphatic carbocycles. The van der Waals surface area contributed by atoms with E-state index in [2.05, 4.69) is 4.90 Å². The quantitative estimate of drug-likeness (QED) is 0.0652. The van der Waals surface area contributed by atoms with E-state index >= 15 is 4.39 Å². The van der Waals surface area contributed by atoms with Crippen LogP contribution in [0.5, 0.6) is 0 Å². The van der Waals surface area contributed by atoms with E-state index in [0.29, 0.717) is 30.9 Å². The highest BCUT2D eigenvalue weighted by atomic mass is 19.1. The molecule has 2 saturated carbocycles. The molecule has 3 aliphatic heterocycles. The number of aromatic carboxylic acids is 1. The van der Waals surface area contributed by atoms with E-state index in [1.807, 2.05) is 9.47 Å². The van der Waals surface area contributed by atoms with Crippen LogP contribution in [0.15, 0.2) is 23.1 Å². The molecule has 0 unspecified atom stereocenters. The molecule has 384 valence electrons. The SMILES string of the molecule is NC[C@H]1O[C@H](O[C@H]2[C@H](OCCCCCCCCCCCCN3CCN(c4cc5c(cc4F)c(=O)c(C(=O)O)cn5C4CC4)CC3)[C@@H](O[C@H]3O[C@H](CO)[C@@H](O)[C@H](N)[C@H]3O)[C@H](N)C[C@@H]2N)[C@H](N)C[C@@H]1O. The van der Waals surface area contributed by atoms with Crippen molar-refractivity contribution in [1.29, 1.82) is 0 Å². The lowest BCUT2D eigenvalue weighted by Crippen LogP contribution is -2.68. The number of nitrogens with two attached hydrogens (primary N) is 5. The van der Waals surface area contributed by atoms with E-state index in [0.717, 1.165) is 83.8 Å². The molecule has 4 heterocycles. The van der Waals surface area contributed by atoms with Crippen molar-refractivity contribution < 1.29 is 58.4 Å². The van der Waals surface area contributed by atoms with Crippen LogP contribution in [0.1, 0.15) is 106 Å². The molecular formula is C47H77FN8O12. The Kier molecular flexibility index (Phi) is 19.0. The van der Waals surface area contributed by atoms with Crippen molar-refractivity contribution in [2.75, 3.05) is 57.4 Å². The van der Waals surface area contributed by atoms with Gasteiger partial charge in [-0.3, -0.25) is 9.69 Å². The number of hydrogen-bond donors (Lipinski definition) is 10. The molecule has 68 heavy (non-hydrogen) atoms. The Morgan fingerprint density at radius 3 is 1.97 bits per heavy atom. The van der Waals surface area contributed by atoms with Crippen molar-refractivity contribution in [3.05, 3.63) is 39.9 Å². The van der Waals surface area contributed by atoms with Crippen LogP contribution in [-0.2, 0) is 23.7 Å². The maximum absolute atomic E-state index is 15.4. The first-order chi connectivity index (χ1) is 32.7. The van der Waals surface area contributed by atoms with Crippen LogP contribution in [-0.4, -0.2) is 179 Å². The second-order valence-corrected chi connectivity index (χ2v) is 19.6. The number of carboxylic acids is 1. The lowest BCUT2D eigenvalue weighted by Gasteiger charge is -2.49. The summed E-state index contributed by atoms with van der Waals surface area (Å²) in [4.78, 5) is 29.1. The number of fused-ring (bicyclic) bond motifs is 1. The van der Waals surface area contributed by atoms with Crippen LogP contribution in [0.3, 0.4) is 0 Å². The average molecular weight is 965 g/mol. The molecule has 21 heteroatoms. The third kappa shape index (κ3) is 12.7. The molecule has 15 N–H and O–H groups in total. The van der Waals surface area contributed by atoms with Gasteiger partial charge in [0.1, 0.15) is 48.0 Å². The summed E-state index contributed by atoms with van der Waals surface area (Å²) in [6.07, 6.45) is 4.17. The summed E-state index contributed by atoms with van der Waals surface area (Å²) in [5, 5.41) is 51.2. The molecule has 5 aliphatic rings. The van der Waals surface area contributed by atoms with Crippen LogP contribution in [0.2, 0.25) is 0 Å². The van der Waals surface area contributed by atoms with Crippen molar-refractivity contribution in [3.8, 4) is 0 Å². The minimum Gasteiger partial charge on any atom is -0.477 e. The number of ether oxygens (including phenoxy) is 5. The van der Waals surface area contributed by atoms with Gasteiger partial charge < -0.3 is 87.4 Å². The Morgan fingerprint density at radius 2 is 1.37 bits per heavy atom. The van der Waals surface area contributed by atoms with E-state index in [4.69, 9.17) is 52.4 Å². The number of aliphatic hydroxyl groups excluding tert-OH is 4. The number of halogens is 1. The van der Waals surface area contributed by atoms with Gasteiger partial charge in [0.2, 0.25) is 5.43 Å². The van der Waals surface area contributed by atoms with E-state index in [-0.39, 0.29) is 36.4 Å². The normalized spacial score (nSPS) is 33.9. The van der Waals surface area contributed by atoms with E-state index in [9.17, 15) is 35.1 Å². The van der Waals surface area contributed by atoms with E-state index in [1.54, 1.807) is 6.07 Å². The molecule has 5 fully saturated rings. The highest BCUT2D eigenvalue weighted by Crippen LogP contribution is 2.39. The van der Waals surface area contributed by atoms with Gasteiger partial charge in [0.05, 0.1) is 42.1 Å². The first-order valence-corrected chi connectivity index (χ1v) is 24.9. The van der Waals surface area contributed by atoms with E-state index < -0.39 is 109 Å². The maximum Gasteiger partial charge on any atom is 0.341 e. The summed E-state index contributed by atoms with van der Waals surface area (Å²) in [5.41, 5.74) is 31.6. The third-order valence-electron chi connectivity index (χ3n) is 14.6. The molecule has 20 nitrogen and oxygen atoms in total. The summed E-state index contributed by atoms with van der Waals surface area (Å²) in [6.45, 7) is 3.83. The van der Waals surface area contributed by atoms with Gasteiger partial charge in [0.15, 0.2) is 12.6 Å². The van der Waals surface area contributed by atoms with Gasteiger partial charge >= 0.3 is 5.97 Å². The zero-order valence-electron chi connectivity index (χ0n) is 39.1. The number of unbranched alkanes of at least 4 members (excludes halogenated alkanes) is 9. The number of carboxylic acid groups (broad SMARTS) is 1. The van der Waals surface area contributed by atoms with Crippen LogP contribution in [0, 0.1) is 5.82 Å². The number of anilines is 1. The number of piperazine rings is 1. The molecule has 7 rings (SSSR count). The number of nitrogens with zero attached hydrogens (tertiary/aromatic N) is 3. The molecule has 1 aromatic heterocycles. The van der Waals surface area contributed by atoms with Gasteiger partial charge in [0.25, 0.3) is 0 Å². The topological polar surface area (TPSA) is 323 Å². The van der Waals surface area contributed by atoms with Gasteiger partial charge in [-0.15, -0.1) is 0 Å². The molecule has 0 amide bonds. The number of hydrogen-bond acceptors (Lipinski definition) is 18. The summed E-state index contributed by atoms with van der Waals surface area (Å²) in [6, 6.07) is -0.0318.